The molecule has 0 radical (unpaired) electrons. The lowest BCUT2D eigenvalue weighted by Crippen LogP contribution is -2.57. The SMILES string of the molecule is CCNCC1(c2cccc(F)c2)CC2(CCC2)C1. The Morgan fingerprint density at radius 3 is 2.61 bits per heavy atom. The second kappa shape index (κ2) is 4.34. The summed E-state index contributed by atoms with van der Waals surface area (Å²) in [6.45, 7) is 4.12. The van der Waals surface area contributed by atoms with Crippen LogP contribution in [0.2, 0.25) is 0 Å². The molecule has 0 bridgehead atoms. The van der Waals surface area contributed by atoms with Crippen molar-refractivity contribution in [1.29, 1.82) is 0 Å². The minimum atomic E-state index is -0.0991. The Labute approximate surface area is 109 Å². The van der Waals surface area contributed by atoms with Crippen molar-refractivity contribution in [2.75, 3.05) is 13.1 Å². The second-order valence-corrected chi connectivity index (χ2v) is 6.28. The highest BCUT2D eigenvalue weighted by Gasteiger charge is 2.57. The Morgan fingerprint density at radius 2 is 2.06 bits per heavy atom. The van der Waals surface area contributed by atoms with Gasteiger partial charge in [-0.3, -0.25) is 0 Å². The molecule has 0 amide bonds. The fraction of sp³-hybridized carbons (Fsp3) is 0.625. The van der Waals surface area contributed by atoms with Crippen LogP contribution in [0.5, 0.6) is 0 Å². The highest BCUT2D eigenvalue weighted by atomic mass is 19.1. The first-order valence-electron chi connectivity index (χ1n) is 7.15. The third-order valence-corrected chi connectivity index (χ3v) is 4.99. The molecule has 2 heteroatoms. The molecule has 1 nitrogen and oxygen atoms in total. The largest absolute Gasteiger partial charge is 0.316 e. The molecular formula is C16H22FN. The molecule has 0 aromatic heterocycles. The molecular weight excluding hydrogens is 225 g/mol. The van der Waals surface area contributed by atoms with Crippen LogP contribution in [0.3, 0.4) is 0 Å². The number of nitrogens with one attached hydrogen (secondary N) is 1. The molecule has 2 aliphatic carbocycles. The number of likely N-dealkylation sites (N-methyl/N-ethyl adjacent to an activating group) is 1. The van der Waals surface area contributed by atoms with E-state index < -0.39 is 0 Å². The number of hydrogen-bond acceptors (Lipinski definition) is 1. The van der Waals surface area contributed by atoms with Gasteiger partial charge in [0.2, 0.25) is 0 Å². The number of benzene rings is 1. The van der Waals surface area contributed by atoms with Crippen molar-refractivity contribution < 1.29 is 4.39 Å². The quantitative estimate of drug-likeness (QED) is 0.856. The summed E-state index contributed by atoms with van der Waals surface area (Å²) in [4.78, 5) is 0. The third kappa shape index (κ3) is 1.87. The summed E-state index contributed by atoms with van der Waals surface area (Å²) in [6, 6.07) is 7.24. The molecule has 2 saturated carbocycles. The molecule has 0 unspecified atom stereocenters. The van der Waals surface area contributed by atoms with Crippen LogP contribution in [0.1, 0.15) is 44.6 Å². The standard InChI is InChI=1S/C16H22FN/c1-2-18-12-16(10-15(11-16)7-4-8-15)13-5-3-6-14(17)9-13/h3,5-6,9,18H,2,4,7-8,10-12H2,1H3. The average molecular weight is 247 g/mol. The predicted molar refractivity (Wildman–Crippen MR) is 72.1 cm³/mol. The lowest BCUT2D eigenvalue weighted by Gasteiger charge is -2.61. The molecule has 1 aromatic rings. The average Bonchev–Trinajstić information content (AvgIpc) is 2.26. The van der Waals surface area contributed by atoms with E-state index >= 15 is 0 Å². The predicted octanol–water partition coefficient (Wildman–Crippen LogP) is 3.64. The summed E-state index contributed by atoms with van der Waals surface area (Å²) >= 11 is 0. The summed E-state index contributed by atoms with van der Waals surface area (Å²) in [5, 5.41) is 3.47. The molecule has 1 aromatic carbocycles. The fourth-order valence-corrected chi connectivity index (χ4v) is 4.03. The van der Waals surface area contributed by atoms with Crippen LogP contribution in [0, 0.1) is 11.2 Å². The Kier molecular flexibility index (Phi) is 2.93. The number of hydrogen-bond donors (Lipinski definition) is 1. The molecule has 2 aliphatic rings. The van der Waals surface area contributed by atoms with Crippen molar-refractivity contribution in [3.63, 3.8) is 0 Å². The minimum Gasteiger partial charge on any atom is -0.316 e. The normalized spacial score (nSPS) is 23.4. The molecule has 1 spiro atoms. The maximum Gasteiger partial charge on any atom is 0.123 e. The molecule has 1 N–H and O–H groups in total. The van der Waals surface area contributed by atoms with Crippen molar-refractivity contribution in [2.45, 2.75) is 44.4 Å². The van der Waals surface area contributed by atoms with E-state index in [0.717, 1.165) is 13.1 Å². The highest BCUT2D eigenvalue weighted by Crippen LogP contribution is 2.64. The van der Waals surface area contributed by atoms with E-state index in [1.165, 1.54) is 37.7 Å². The van der Waals surface area contributed by atoms with Gasteiger partial charge in [-0.2, -0.15) is 0 Å². The monoisotopic (exact) mass is 247 g/mol. The van der Waals surface area contributed by atoms with E-state index in [1.807, 2.05) is 6.07 Å². The highest BCUT2D eigenvalue weighted by molar-refractivity contribution is 5.32. The van der Waals surface area contributed by atoms with E-state index in [4.69, 9.17) is 0 Å². The lowest BCUT2D eigenvalue weighted by molar-refractivity contribution is -0.0481. The molecule has 0 heterocycles. The first-order chi connectivity index (χ1) is 8.68. The van der Waals surface area contributed by atoms with Crippen LogP contribution >= 0.6 is 0 Å². The number of halogens is 1. The van der Waals surface area contributed by atoms with Crippen LogP contribution in [0.25, 0.3) is 0 Å². The van der Waals surface area contributed by atoms with Gasteiger partial charge in [0.15, 0.2) is 0 Å². The van der Waals surface area contributed by atoms with Crippen LogP contribution in [0.4, 0.5) is 4.39 Å². The van der Waals surface area contributed by atoms with Crippen LogP contribution in [0.15, 0.2) is 24.3 Å². The van der Waals surface area contributed by atoms with Gasteiger partial charge in [-0.1, -0.05) is 25.5 Å². The molecule has 18 heavy (non-hydrogen) atoms. The summed E-state index contributed by atoms with van der Waals surface area (Å²) in [5.74, 6) is -0.0991. The lowest BCUT2D eigenvalue weighted by atomic mass is 9.43. The Balaban J connectivity index is 1.82. The summed E-state index contributed by atoms with van der Waals surface area (Å²) in [5.41, 5.74) is 2.00. The third-order valence-electron chi connectivity index (χ3n) is 4.99. The van der Waals surface area contributed by atoms with Crippen molar-refractivity contribution in [2.24, 2.45) is 5.41 Å². The van der Waals surface area contributed by atoms with E-state index in [9.17, 15) is 4.39 Å². The van der Waals surface area contributed by atoms with E-state index in [1.54, 1.807) is 12.1 Å². The summed E-state index contributed by atoms with van der Waals surface area (Å²) in [6.07, 6.45) is 6.65. The van der Waals surface area contributed by atoms with Gasteiger partial charge >= 0.3 is 0 Å². The Morgan fingerprint density at radius 1 is 1.28 bits per heavy atom. The van der Waals surface area contributed by atoms with Crippen LogP contribution < -0.4 is 5.32 Å². The zero-order valence-electron chi connectivity index (χ0n) is 11.1. The second-order valence-electron chi connectivity index (χ2n) is 6.28. The summed E-state index contributed by atoms with van der Waals surface area (Å²) in [7, 11) is 0. The first-order valence-corrected chi connectivity index (χ1v) is 7.15. The van der Waals surface area contributed by atoms with Gasteiger partial charge in [-0.25, -0.2) is 4.39 Å². The van der Waals surface area contributed by atoms with Gasteiger partial charge < -0.3 is 5.32 Å². The smallest absolute Gasteiger partial charge is 0.123 e. The maximum atomic E-state index is 13.4. The van der Waals surface area contributed by atoms with Gasteiger partial charge in [-0.15, -0.1) is 0 Å². The van der Waals surface area contributed by atoms with Crippen LogP contribution in [-0.4, -0.2) is 13.1 Å². The summed E-state index contributed by atoms with van der Waals surface area (Å²) < 4.78 is 13.4. The minimum absolute atomic E-state index is 0.0991. The van der Waals surface area contributed by atoms with Gasteiger partial charge in [0.25, 0.3) is 0 Å². The van der Waals surface area contributed by atoms with E-state index in [2.05, 4.69) is 18.3 Å². The first kappa shape index (κ1) is 12.2. The topological polar surface area (TPSA) is 12.0 Å². The maximum absolute atomic E-state index is 13.4. The van der Waals surface area contributed by atoms with Crippen molar-refractivity contribution >= 4 is 0 Å². The number of rotatable bonds is 4. The molecule has 0 saturated heterocycles. The van der Waals surface area contributed by atoms with Crippen LogP contribution in [-0.2, 0) is 5.41 Å². The molecule has 2 fully saturated rings. The van der Waals surface area contributed by atoms with Gasteiger partial charge in [0, 0.05) is 12.0 Å². The van der Waals surface area contributed by atoms with E-state index in [0.29, 0.717) is 5.41 Å². The fourth-order valence-electron chi connectivity index (χ4n) is 4.03. The van der Waals surface area contributed by atoms with Gasteiger partial charge in [0.05, 0.1) is 0 Å². The van der Waals surface area contributed by atoms with Crippen molar-refractivity contribution in [1.82, 2.24) is 5.32 Å². The molecule has 98 valence electrons. The zero-order valence-corrected chi connectivity index (χ0v) is 11.1. The molecule has 3 rings (SSSR count). The van der Waals surface area contributed by atoms with Gasteiger partial charge in [0.1, 0.15) is 5.82 Å². The van der Waals surface area contributed by atoms with Crippen molar-refractivity contribution in [3.05, 3.63) is 35.6 Å². The van der Waals surface area contributed by atoms with Gasteiger partial charge in [-0.05, 0) is 55.3 Å². The Hall–Kier alpha value is -0.890. The molecule has 0 aliphatic heterocycles. The van der Waals surface area contributed by atoms with Crippen molar-refractivity contribution in [3.8, 4) is 0 Å². The molecule has 0 atom stereocenters. The Bertz CT molecular complexity index is 428. The zero-order chi connectivity index (χ0) is 12.6. The van der Waals surface area contributed by atoms with E-state index in [-0.39, 0.29) is 11.2 Å².